The van der Waals surface area contributed by atoms with Crippen LogP contribution in [0.4, 0.5) is 10.2 Å². The number of nitrogens with zero attached hydrogens (tertiary/aromatic N) is 3. The normalized spacial score (nSPS) is 10.8. The number of fused-ring (bicyclic) bond motifs is 1. The van der Waals surface area contributed by atoms with Crippen molar-refractivity contribution >= 4 is 16.9 Å². The fourth-order valence-corrected chi connectivity index (χ4v) is 1.81. The van der Waals surface area contributed by atoms with Crippen molar-refractivity contribution in [2.24, 2.45) is 0 Å². The topological polar surface area (TPSA) is 63.8 Å². The number of hydrogen-bond acceptors (Lipinski definition) is 5. The van der Waals surface area contributed by atoms with E-state index >= 15 is 0 Å². The third-order valence-electron chi connectivity index (χ3n) is 2.67. The molecule has 0 aliphatic rings. The predicted octanol–water partition coefficient (Wildman–Crippen LogP) is 2.68. The summed E-state index contributed by atoms with van der Waals surface area (Å²) in [6.45, 7) is 2.01. The third kappa shape index (κ3) is 2.24. The number of hydrogen-bond donors (Lipinski definition) is 1. The van der Waals surface area contributed by atoms with Gasteiger partial charge in [0.05, 0.1) is 12.2 Å². The summed E-state index contributed by atoms with van der Waals surface area (Å²) in [7, 11) is 0. The molecule has 1 N–H and O–H groups in total. The summed E-state index contributed by atoms with van der Waals surface area (Å²) in [5.74, 6) is 0.771. The Hall–Kier alpha value is -2.50. The molecule has 5 nitrogen and oxygen atoms in total. The van der Waals surface area contributed by atoms with Gasteiger partial charge in [-0.1, -0.05) is 0 Å². The molecule has 3 aromatic heterocycles. The first-order valence-electron chi connectivity index (χ1n) is 5.79. The van der Waals surface area contributed by atoms with Crippen LogP contribution in [0, 0.1) is 12.7 Å². The van der Waals surface area contributed by atoms with E-state index in [-0.39, 0.29) is 12.4 Å². The molecule has 6 heteroatoms. The SMILES string of the molecule is Cc1nc2c(NCc3ncccc3F)nccc2o1. The molecule has 0 aromatic carbocycles. The Kier molecular flexibility index (Phi) is 2.83. The van der Waals surface area contributed by atoms with Crippen LogP contribution in [0.5, 0.6) is 0 Å². The molecule has 96 valence electrons. The van der Waals surface area contributed by atoms with Gasteiger partial charge in [0, 0.05) is 25.4 Å². The van der Waals surface area contributed by atoms with Gasteiger partial charge in [-0.25, -0.2) is 14.4 Å². The maximum absolute atomic E-state index is 13.5. The molecule has 0 saturated carbocycles. The minimum atomic E-state index is -0.349. The Balaban J connectivity index is 1.88. The fraction of sp³-hybridized carbons (Fsp3) is 0.154. The van der Waals surface area contributed by atoms with Crippen LogP contribution in [0.1, 0.15) is 11.6 Å². The molecule has 0 saturated heterocycles. The van der Waals surface area contributed by atoms with E-state index in [0.29, 0.717) is 28.5 Å². The van der Waals surface area contributed by atoms with E-state index in [0.717, 1.165) is 0 Å². The molecule has 0 amide bonds. The first-order chi connectivity index (χ1) is 9.24. The Morgan fingerprint density at radius 2 is 2.16 bits per heavy atom. The van der Waals surface area contributed by atoms with Crippen molar-refractivity contribution in [3.8, 4) is 0 Å². The molecule has 3 rings (SSSR count). The third-order valence-corrected chi connectivity index (χ3v) is 2.67. The van der Waals surface area contributed by atoms with Crippen LogP contribution in [-0.2, 0) is 6.54 Å². The molecular formula is C13H11FN4O. The zero-order valence-corrected chi connectivity index (χ0v) is 10.2. The van der Waals surface area contributed by atoms with Crippen LogP contribution < -0.4 is 5.32 Å². The van der Waals surface area contributed by atoms with Gasteiger partial charge in [0.1, 0.15) is 5.82 Å². The number of aromatic nitrogens is 3. The van der Waals surface area contributed by atoms with Crippen LogP contribution in [0.2, 0.25) is 0 Å². The number of oxazole rings is 1. The Morgan fingerprint density at radius 1 is 1.26 bits per heavy atom. The number of nitrogens with one attached hydrogen (secondary N) is 1. The van der Waals surface area contributed by atoms with E-state index < -0.39 is 0 Å². The second-order valence-electron chi connectivity index (χ2n) is 4.02. The predicted molar refractivity (Wildman–Crippen MR) is 68.1 cm³/mol. The Labute approximate surface area is 108 Å². The van der Waals surface area contributed by atoms with Gasteiger partial charge < -0.3 is 9.73 Å². The Morgan fingerprint density at radius 3 is 3.00 bits per heavy atom. The smallest absolute Gasteiger partial charge is 0.192 e. The van der Waals surface area contributed by atoms with E-state index in [1.54, 1.807) is 31.5 Å². The number of rotatable bonds is 3. The lowest BCUT2D eigenvalue weighted by Crippen LogP contribution is -2.05. The van der Waals surface area contributed by atoms with Gasteiger partial charge in [-0.05, 0) is 12.1 Å². The average Bonchev–Trinajstić information content (AvgIpc) is 2.78. The highest BCUT2D eigenvalue weighted by Gasteiger charge is 2.09. The molecule has 19 heavy (non-hydrogen) atoms. The molecule has 3 heterocycles. The van der Waals surface area contributed by atoms with Gasteiger partial charge in [0.15, 0.2) is 22.8 Å². The second-order valence-corrected chi connectivity index (χ2v) is 4.02. The summed E-state index contributed by atoms with van der Waals surface area (Å²) >= 11 is 0. The van der Waals surface area contributed by atoms with Gasteiger partial charge in [-0.3, -0.25) is 4.98 Å². The molecule has 0 aliphatic heterocycles. The molecule has 3 aromatic rings. The largest absolute Gasteiger partial charge is 0.441 e. The summed E-state index contributed by atoms with van der Waals surface area (Å²) < 4.78 is 18.9. The highest BCUT2D eigenvalue weighted by Crippen LogP contribution is 2.21. The van der Waals surface area contributed by atoms with Crippen LogP contribution in [0.3, 0.4) is 0 Å². The first-order valence-corrected chi connectivity index (χ1v) is 5.79. The van der Waals surface area contributed by atoms with Crippen molar-refractivity contribution in [1.82, 2.24) is 15.0 Å². The molecule has 0 fully saturated rings. The minimum Gasteiger partial charge on any atom is -0.441 e. The van der Waals surface area contributed by atoms with E-state index in [1.807, 2.05) is 0 Å². The van der Waals surface area contributed by atoms with Crippen molar-refractivity contribution in [2.75, 3.05) is 5.32 Å². The summed E-state index contributed by atoms with van der Waals surface area (Å²) in [5.41, 5.74) is 1.62. The lowest BCUT2D eigenvalue weighted by atomic mass is 10.3. The molecule has 0 radical (unpaired) electrons. The zero-order valence-electron chi connectivity index (χ0n) is 10.2. The highest BCUT2D eigenvalue weighted by atomic mass is 19.1. The van der Waals surface area contributed by atoms with E-state index in [4.69, 9.17) is 4.42 Å². The summed E-state index contributed by atoms with van der Waals surface area (Å²) in [6, 6.07) is 4.67. The van der Waals surface area contributed by atoms with Gasteiger partial charge in [0.2, 0.25) is 0 Å². The van der Waals surface area contributed by atoms with Gasteiger partial charge >= 0.3 is 0 Å². The lowest BCUT2D eigenvalue weighted by Gasteiger charge is -2.05. The summed E-state index contributed by atoms with van der Waals surface area (Å²) in [6.07, 6.45) is 3.17. The van der Waals surface area contributed by atoms with Crippen molar-refractivity contribution in [3.05, 3.63) is 48.0 Å². The van der Waals surface area contributed by atoms with Gasteiger partial charge in [-0.15, -0.1) is 0 Å². The first kappa shape index (κ1) is 11.6. The standard InChI is InChI=1S/C13H11FN4O/c1-8-18-12-11(19-8)4-6-16-13(12)17-7-10-9(14)3-2-5-15-10/h2-6H,7H2,1H3,(H,16,17). The Bertz CT molecular complexity index is 725. The molecule has 0 aliphatic carbocycles. The minimum absolute atomic E-state index is 0.241. The molecular weight excluding hydrogens is 247 g/mol. The highest BCUT2D eigenvalue weighted by molar-refractivity contribution is 5.83. The van der Waals surface area contributed by atoms with E-state index in [9.17, 15) is 4.39 Å². The van der Waals surface area contributed by atoms with E-state index in [2.05, 4.69) is 20.3 Å². The molecule has 0 spiro atoms. The van der Waals surface area contributed by atoms with Crippen molar-refractivity contribution in [1.29, 1.82) is 0 Å². The number of aryl methyl sites for hydroxylation is 1. The van der Waals surface area contributed by atoms with Gasteiger partial charge in [0.25, 0.3) is 0 Å². The van der Waals surface area contributed by atoms with Gasteiger partial charge in [-0.2, -0.15) is 0 Å². The van der Waals surface area contributed by atoms with Crippen LogP contribution in [-0.4, -0.2) is 15.0 Å². The maximum Gasteiger partial charge on any atom is 0.192 e. The quantitative estimate of drug-likeness (QED) is 0.782. The van der Waals surface area contributed by atoms with Crippen LogP contribution in [0.15, 0.2) is 35.0 Å². The van der Waals surface area contributed by atoms with E-state index in [1.165, 1.54) is 6.07 Å². The molecule has 0 atom stereocenters. The molecule has 0 bridgehead atoms. The maximum atomic E-state index is 13.5. The number of pyridine rings is 2. The molecule has 0 unspecified atom stereocenters. The van der Waals surface area contributed by atoms with Crippen molar-refractivity contribution in [2.45, 2.75) is 13.5 Å². The van der Waals surface area contributed by atoms with Crippen LogP contribution >= 0.6 is 0 Å². The zero-order chi connectivity index (χ0) is 13.2. The summed E-state index contributed by atoms with van der Waals surface area (Å²) in [5, 5.41) is 3.02. The monoisotopic (exact) mass is 258 g/mol. The van der Waals surface area contributed by atoms with Crippen molar-refractivity contribution < 1.29 is 8.81 Å². The summed E-state index contributed by atoms with van der Waals surface area (Å²) in [4.78, 5) is 12.4. The number of anilines is 1. The van der Waals surface area contributed by atoms with Crippen molar-refractivity contribution in [3.63, 3.8) is 0 Å². The number of halogens is 1. The lowest BCUT2D eigenvalue weighted by molar-refractivity contribution is 0.561. The second kappa shape index (κ2) is 4.64. The van der Waals surface area contributed by atoms with Crippen LogP contribution in [0.25, 0.3) is 11.1 Å². The fourth-order valence-electron chi connectivity index (χ4n) is 1.81. The average molecular weight is 258 g/mol.